The molecule has 0 aromatic rings. The van der Waals surface area contributed by atoms with Gasteiger partial charge in [0.05, 0.1) is 0 Å². The molecule has 5 atom stereocenters. The second kappa shape index (κ2) is 9.03. The van der Waals surface area contributed by atoms with E-state index in [0.29, 0.717) is 28.4 Å². The van der Waals surface area contributed by atoms with Crippen LogP contribution in [-0.4, -0.2) is 5.78 Å². The van der Waals surface area contributed by atoms with Crippen LogP contribution in [0.5, 0.6) is 0 Å². The first-order chi connectivity index (χ1) is 14.4. The van der Waals surface area contributed by atoms with Crippen LogP contribution < -0.4 is 0 Å². The maximum Gasteiger partial charge on any atom is 0.138 e. The average molecular weight is 425 g/mol. The SMILES string of the molecule is C=C(CC/C=C(\C)CCC=C(C)C)[C@@H]1CC[C@H]2[C@]1(C)CC[C@H]1C(C)(C)C(=O)CC[C@]21C. The minimum Gasteiger partial charge on any atom is -0.299 e. The lowest BCUT2D eigenvalue weighted by Crippen LogP contribution is -2.57. The Hall–Kier alpha value is -1.11. The van der Waals surface area contributed by atoms with Crippen LogP contribution in [0.3, 0.4) is 0 Å². The summed E-state index contributed by atoms with van der Waals surface area (Å²) in [5.74, 6) is 2.46. The average Bonchev–Trinajstić information content (AvgIpc) is 3.03. The lowest BCUT2D eigenvalue weighted by Gasteiger charge is -2.61. The van der Waals surface area contributed by atoms with Gasteiger partial charge in [0.15, 0.2) is 0 Å². The van der Waals surface area contributed by atoms with Gasteiger partial charge in [0.1, 0.15) is 5.78 Å². The molecule has 0 heterocycles. The Bertz CT molecular complexity index is 761. The van der Waals surface area contributed by atoms with Gasteiger partial charge < -0.3 is 0 Å². The number of allylic oxidation sites excluding steroid dienone is 5. The largest absolute Gasteiger partial charge is 0.299 e. The van der Waals surface area contributed by atoms with Crippen LogP contribution >= 0.6 is 0 Å². The summed E-state index contributed by atoms with van der Waals surface area (Å²) < 4.78 is 0. The Balaban J connectivity index is 1.65. The number of hydrogen-bond donors (Lipinski definition) is 0. The molecule has 0 unspecified atom stereocenters. The number of carbonyl (C=O) groups is 1. The van der Waals surface area contributed by atoms with Gasteiger partial charge in [-0.25, -0.2) is 0 Å². The quantitative estimate of drug-likeness (QED) is 0.373. The molecule has 3 aliphatic carbocycles. The van der Waals surface area contributed by atoms with Crippen molar-refractivity contribution in [3.05, 3.63) is 35.5 Å². The van der Waals surface area contributed by atoms with Gasteiger partial charge in [-0.05, 0) is 107 Å². The summed E-state index contributed by atoms with van der Waals surface area (Å²) in [5, 5.41) is 0. The van der Waals surface area contributed by atoms with Crippen molar-refractivity contribution in [2.45, 2.75) is 113 Å². The zero-order valence-electron chi connectivity index (χ0n) is 21.6. The van der Waals surface area contributed by atoms with Crippen LogP contribution in [0.2, 0.25) is 0 Å². The molecule has 0 saturated heterocycles. The third kappa shape index (κ3) is 4.53. The fraction of sp³-hybridized carbons (Fsp3) is 0.767. The highest BCUT2D eigenvalue weighted by molar-refractivity contribution is 5.85. The van der Waals surface area contributed by atoms with E-state index in [2.05, 4.69) is 67.2 Å². The molecule has 3 saturated carbocycles. The lowest BCUT2D eigenvalue weighted by molar-refractivity contribution is -0.157. The van der Waals surface area contributed by atoms with Crippen molar-refractivity contribution in [3.8, 4) is 0 Å². The van der Waals surface area contributed by atoms with Gasteiger partial charge in [-0.15, -0.1) is 0 Å². The van der Waals surface area contributed by atoms with Gasteiger partial charge in [0, 0.05) is 11.8 Å². The van der Waals surface area contributed by atoms with E-state index in [1.54, 1.807) is 0 Å². The Kier molecular flexibility index (Phi) is 7.14. The van der Waals surface area contributed by atoms with Gasteiger partial charge >= 0.3 is 0 Å². The van der Waals surface area contributed by atoms with E-state index in [9.17, 15) is 4.79 Å². The van der Waals surface area contributed by atoms with Crippen molar-refractivity contribution < 1.29 is 4.79 Å². The number of carbonyl (C=O) groups excluding carboxylic acids is 1. The normalized spacial score (nSPS) is 37.2. The van der Waals surface area contributed by atoms with E-state index < -0.39 is 0 Å². The zero-order valence-corrected chi connectivity index (χ0v) is 21.6. The predicted molar refractivity (Wildman–Crippen MR) is 134 cm³/mol. The molecule has 0 spiro atoms. The van der Waals surface area contributed by atoms with E-state index >= 15 is 0 Å². The smallest absolute Gasteiger partial charge is 0.138 e. The molecule has 3 fully saturated rings. The molecule has 0 aliphatic heterocycles. The summed E-state index contributed by atoms with van der Waals surface area (Å²) in [6, 6.07) is 0. The standard InChI is InChI=1S/C30H48O/c1-21(2)11-9-12-22(3)13-10-14-23(4)24-15-16-26-29(24,7)19-17-25-28(5,6)27(31)18-20-30(25,26)8/h11,13,24-26H,4,9-10,12,14-20H2,1-3,5-8H3/b22-13+/t24-,25-,26-,29+,30-/m0/s1. The summed E-state index contributed by atoms with van der Waals surface area (Å²) in [6.45, 7) is 20.9. The van der Waals surface area contributed by atoms with Crippen molar-refractivity contribution in [2.75, 3.05) is 0 Å². The molecule has 0 bridgehead atoms. The highest BCUT2D eigenvalue weighted by Crippen LogP contribution is 2.70. The Morgan fingerprint density at radius 1 is 0.903 bits per heavy atom. The summed E-state index contributed by atoms with van der Waals surface area (Å²) in [5.41, 5.74) is 4.98. The van der Waals surface area contributed by atoms with E-state index in [0.717, 1.165) is 38.0 Å². The van der Waals surface area contributed by atoms with Crippen LogP contribution in [0.4, 0.5) is 0 Å². The van der Waals surface area contributed by atoms with Crippen LogP contribution in [0.25, 0.3) is 0 Å². The highest BCUT2D eigenvalue weighted by atomic mass is 16.1. The fourth-order valence-corrected chi connectivity index (χ4v) is 8.17. The molecule has 0 N–H and O–H groups in total. The summed E-state index contributed by atoms with van der Waals surface area (Å²) in [7, 11) is 0. The minimum absolute atomic E-state index is 0.142. The van der Waals surface area contributed by atoms with Crippen LogP contribution in [0, 0.1) is 34.0 Å². The van der Waals surface area contributed by atoms with Gasteiger partial charge in [-0.2, -0.15) is 0 Å². The second-order valence-electron chi connectivity index (χ2n) is 12.5. The summed E-state index contributed by atoms with van der Waals surface area (Å²) in [4.78, 5) is 12.7. The number of rotatable bonds is 7. The molecule has 3 aliphatic rings. The third-order valence-corrected chi connectivity index (χ3v) is 9.92. The van der Waals surface area contributed by atoms with Crippen LogP contribution in [0.15, 0.2) is 35.5 Å². The predicted octanol–water partition coefficient (Wildman–Crippen LogP) is 8.85. The van der Waals surface area contributed by atoms with Crippen molar-refractivity contribution in [1.29, 1.82) is 0 Å². The van der Waals surface area contributed by atoms with Gasteiger partial charge in [0.2, 0.25) is 0 Å². The molecule has 3 rings (SSSR count). The first kappa shape index (κ1) is 24.5. The van der Waals surface area contributed by atoms with E-state index in [-0.39, 0.29) is 5.41 Å². The van der Waals surface area contributed by atoms with Crippen molar-refractivity contribution >= 4 is 5.78 Å². The minimum atomic E-state index is -0.142. The van der Waals surface area contributed by atoms with E-state index in [1.807, 2.05) is 0 Å². The Morgan fingerprint density at radius 3 is 2.26 bits per heavy atom. The van der Waals surface area contributed by atoms with Crippen LogP contribution in [0.1, 0.15) is 113 Å². The maximum atomic E-state index is 12.7. The summed E-state index contributed by atoms with van der Waals surface area (Å²) in [6.07, 6.45) is 16.4. The van der Waals surface area contributed by atoms with E-state index in [4.69, 9.17) is 0 Å². The van der Waals surface area contributed by atoms with Gasteiger partial charge in [0.25, 0.3) is 0 Å². The van der Waals surface area contributed by atoms with Crippen molar-refractivity contribution in [2.24, 2.45) is 34.0 Å². The highest BCUT2D eigenvalue weighted by Gasteiger charge is 2.63. The Morgan fingerprint density at radius 2 is 1.58 bits per heavy atom. The second-order valence-corrected chi connectivity index (χ2v) is 12.5. The zero-order chi connectivity index (χ0) is 23.0. The molecular weight excluding hydrogens is 376 g/mol. The molecular formula is C30H48O. The molecule has 0 amide bonds. The molecule has 174 valence electrons. The van der Waals surface area contributed by atoms with Crippen molar-refractivity contribution in [1.82, 2.24) is 0 Å². The Labute approximate surface area is 192 Å². The maximum absolute atomic E-state index is 12.7. The molecule has 1 heteroatoms. The monoisotopic (exact) mass is 424 g/mol. The molecule has 1 nitrogen and oxygen atoms in total. The van der Waals surface area contributed by atoms with Crippen LogP contribution in [-0.2, 0) is 4.79 Å². The molecule has 0 aromatic carbocycles. The molecule has 0 aromatic heterocycles. The van der Waals surface area contributed by atoms with Crippen molar-refractivity contribution in [3.63, 3.8) is 0 Å². The van der Waals surface area contributed by atoms with Gasteiger partial charge in [-0.1, -0.05) is 63.1 Å². The first-order valence-corrected chi connectivity index (χ1v) is 12.9. The molecule has 0 radical (unpaired) electrons. The van der Waals surface area contributed by atoms with Gasteiger partial charge in [-0.3, -0.25) is 4.79 Å². The topological polar surface area (TPSA) is 17.1 Å². The number of fused-ring (bicyclic) bond motifs is 3. The number of Topliss-reactive ketones (excluding diaryl/α,β-unsaturated/α-hetero) is 1. The first-order valence-electron chi connectivity index (χ1n) is 12.9. The van der Waals surface area contributed by atoms with E-state index in [1.165, 1.54) is 48.8 Å². The fourth-order valence-electron chi connectivity index (χ4n) is 8.17. The molecule has 31 heavy (non-hydrogen) atoms. The lowest BCUT2D eigenvalue weighted by atomic mass is 9.43. The summed E-state index contributed by atoms with van der Waals surface area (Å²) >= 11 is 0. The number of hydrogen-bond acceptors (Lipinski definition) is 1. The number of ketones is 1. The third-order valence-electron chi connectivity index (χ3n) is 9.92.